The Hall–Kier alpha value is -1.91. The highest BCUT2D eigenvalue weighted by molar-refractivity contribution is 5.80. The van der Waals surface area contributed by atoms with Crippen molar-refractivity contribution in [3.63, 3.8) is 0 Å². The summed E-state index contributed by atoms with van der Waals surface area (Å²) in [7, 11) is 0. The molecule has 1 heterocycles. The Morgan fingerprint density at radius 1 is 1.47 bits per heavy atom. The molecule has 5 heteroatoms. The van der Waals surface area contributed by atoms with Crippen LogP contribution in [0.4, 0.5) is 0 Å². The van der Waals surface area contributed by atoms with Gasteiger partial charge in [0, 0.05) is 6.20 Å². The number of rotatable bonds is 5. The molecule has 0 spiro atoms. The zero-order valence-corrected chi connectivity index (χ0v) is 11.0. The number of carboxylic acids is 1. The second-order valence-electron chi connectivity index (χ2n) is 5.20. The number of aryl methyl sites for hydroxylation is 1. The summed E-state index contributed by atoms with van der Waals surface area (Å²) in [6, 6.07) is 3.74. The van der Waals surface area contributed by atoms with Crippen LogP contribution < -0.4 is 5.32 Å². The number of carbonyl (C=O) groups is 2. The molecule has 1 amide bonds. The summed E-state index contributed by atoms with van der Waals surface area (Å²) < 4.78 is 0. The highest BCUT2D eigenvalue weighted by Gasteiger charge is 2.40. The van der Waals surface area contributed by atoms with Gasteiger partial charge >= 0.3 is 5.97 Å². The van der Waals surface area contributed by atoms with Crippen LogP contribution in [0.1, 0.15) is 36.9 Å². The first kappa shape index (κ1) is 13.5. The molecule has 0 atom stereocenters. The van der Waals surface area contributed by atoms with Gasteiger partial charge in [-0.1, -0.05) is 6.07 Å². The normalized spacial score (nSPS) is 16.5. The van der Waals surface area contributed by atoms with Gasteiger partial charge in [0.1, 0.15) is 0 Å². The zero-order chi connectivity index (χ0) is 13.9. The predicted octanol–water partition coefficient (Wildman–Crippen LogP) is 1.45. The molecule has 1 saturated carbocycles. The molecule has 1 aliphatic carbocycles. The van der Waals surface area contributed by atoms with E-state index >= 15 is 0 Å². The van der Waals surface area contributed by atoms with Crippen LogP contribution in [0.2, 0.25) is 0 Å². The van der Waals surface area contributed by atoms with Crippen molar-refractivity contribution in [1.82, 2.24) is 10.3 Å². The van der Waals surface area contributed by atoms with Crippen LogP contribution in [-0.4, -0.2) is 27.5 Å². The molecule has 102 valence electrons. The van der Waals surface area contributed by atoms with E-state index in [0.717, 1.165) is 30.5 Å². The molecule has 0 aromatic carbocycles. The van der Waals surface area contributed by atoms with Crippen LogP contribution in [0.5, 0.6) is 0 Å². The van der Waals surface area contributed by atoms with Crippen molar-refractivity contribution in [2.45, 2.75) is 44.6 Å². The van der Waals surface area contributed by atoms with Crippen molar-refractivity contribution in [3.05, 3.63) is 29.6 Å². The molecule has 1 aromatic heterocycles. The molecule has 0 unspecified atom stereocenters. The van der Waals surface area contributed by atoms with Crippen molar-refractivity contribution >= 4 is 11.9 Å². The lowest BCUT2D eigenvalue weighted by Crippen LogP contribution is -2.55. The number of amides is 1. The van der Waals surface area contributed by atoms with Crippen molar-refractivity contribution in [3.8, 4) is 0 Å². The highest BCUT2D eigenvalue weighted by Crippen LogP contribution is 2.34. The van der Waals surface area contributed by atoms with E-state index < -0.39 is 11.5 Å². The van der Waals surface area contributed by atoms with Gasteiger partial charge in [-0.15, -0.1) is 0 Å². The molecule has 5 nitrogen and oxygen atoms in total. The second kappa shape index (κ2) is 5.38. The van der Waals surface area contributed by atoms with Gasteiger partial charge in [0.15, 0.2) is 0 Å². The van der Waals surface area contributed by atoms with Gasteiger partial charge in [-0.25, -0.2) is 0 Å². The summed E-state index contributed by atoms with van der Waals surface area (Å²) in [4.78, 5) is 27.0. The molecule has 0 saturated heterocycles. The fourth-order valence-electron chi connectivity index (χ4n) is 2.43. The summed E-state index contributed by atoms with van der Waals surface area (Å²) in [5.41, 5.74) is 1.18. The molecular weight excluding hydrogens is 244 g/mol. The first-order valence-electron chi connectivity index (χ1n) is 6.44. The SMILES string of the molecule is Cc1cccnc1CC(=O)NC1(CC(=O)O)CCC1. The van der Waals surface area contributed by atoms with E-state index in [4.69, 9.17) is 5.11 Å². The molecule has 19 heavy (non-hydrogen) atoms. The lowest BCUT2D eigenvalue weighted by atomic mass is 9.74. The Labute approximate surface area is 112 Å². The van der Waals surface area contributed by atoms with E-state index in [1.165, 1.54) is 0 Å². The van der Waals surface area contributed by atoms with E-state index in [2.05, 4.69) is 10.3 Å². The average Bonchev–Trinajstić information content (AvgIpc) is 2.28. The molecule has 2 N–H and O–H groups in total. The minimum Gasteiger partial charge on any atom is -0.481 e. The van der Waals surface area contributed by atoms with Gasteiger partial charge < -0.3 is 10.4 Å². The number of aromatic nitrogens is 1. The first-order valence-corrected chi connectivity index (χ1v) is 6.44. The van der Waals surface area contributed by atoms with Gasteiger partial charge in [-0.3, -0.25) is 14.6 Å². The third-order valence-electron chi connectivity index (χ3n) is 3.65. The Balaban J connectivity index is 1.97. The summed E-state index contributed by atoms with van der Waals surface area (Å²) >= 11 is 0. The van der Waals surface area contributed by atoms with Crippen LogP contribution in [0.3, 0.4) is 0 Å². The third-order valence-corrected chi connectivity index (χ3v) is 3.65. The molecule has 0 aliphatic heterocycles. The fraction of sp³-hybridized carbons (Fsp3) is 0.500. The minimum absolute atomic E-state index is 0.0000591. The molecule has 1 fully saturated rings. The van der Waals surface area contributed by atoms with Crippen LogP contribution in [0.15, 0.2) is 18.3 Å². The van der Waals surface area contributed by atoms with E-state index in [1.54, 1.807) is 6.20 Å². The predicted molar refractivity (Wildman–Crippen MR) is 69.7 cm³/mol. The molecule has 1 aliphatic rings. The quantitative estimate of drug-likeness (QED) is 0.841. The zero-order valence-electron chi connectivity index (χ0n) is 11.0. The monoisotopic (exact) mass is 262 g/mol. The summed E-state index contributed by atoms with van der Waals surface area (Å²) in [5.74, 6) is -1.02. The lowest BCUT2D eigenvalue weighted by Gasteiger charge is -2.41. The largest absolute Gasteiger partial charge is 0.481 e. The molecule has 0 radical (unpaired) electrons. The van der Waals surface area contributed by atoms with Gasteiger partial charge in [0.2, 0.25) is 5.91 Å². The maximum Gasteiger partial charge on any atom is 0.305 e. The molecule has 0 bridgehead atoms. The number of nitrogens with zero attached hydrogens (tertiary/aromatic N) is 1. The molecular formula is C14H18N2O3. The molecule has 1 aromatic rings. The summed E-state index contributed by atoms with van der Waals surface area (Å²) in [6.07, 6.45) is 4.31. The van der Waals surface area contributed by atoms with Crippen molar-refractivity contribution in [2.24, 2.45) is 0 Å². The van der Waals surface area contributed by atoms with E-state index in [-0.39, 0.29) is 18.7 Å². The van der Waals surface area contributed by atoms with Crippen LogP contribution >= 0.6 is 0 Å². The number of aliphatic carboxylic acids is 1. The number of nitrogens with one attached hydrogen (secondary N) is 1. The van der Waals surface area contributed by atoms with Crippen molar-refractivity contribution in [2.75, 3.05) is 0 Å². The Bertz CT molecular complexity index is 495. The van der Waals surface area contributed by atoms with Crippen LogP contribution in [0.25, 0.3) is 0 Å². The molecule has 2 rings (SSSR count). The Kier molecular flexibility index (Phi) is 3.83. The van der Waals surface area contributed by atoms with E-state index in [0.29, 0.717) is 0 Å². The lowest BCUT2D eigenvalue weighted by molar-refractivity contribution is -0.140. The number of hydrogen-bond donors (Lipinski definition) is 2. The van der Waals surface area contributed by atoms with E-state index in [9.17, 15) is 9.59 Å². The van der Waals surface area contributed by atoms with Gasteiger partial charge in [0.25, 0.3) is 0 Å². The maximum atomic E-state index is 12.0. The fourth-order valence-corrected chi connectivity index (χ4v) is 2.43. The van der Waals surface area contributed by atoms with Gasteiger partial charge in [-0.05, 0) is 37.8 Å². The highest BCUT2D eigenvalue weighted by atomic mass is 16.4. The summed E-state index contributed by atoms with van der Waals surface area (Å²) in [5, 5.41) is 11.8. The first-order chi connectivity index (χ1) is 9.01. The van der Waals surface area contributed by atoms with E-state index in [1.807, 2.05) is 19.1 Å². The van der Waals surface area contributed by atoms with Crippen molar-refractivity contribution in [1.29, 1.82) is 0 Å². The number of pyridine rings is 1. The average molecular weight is 262 g/mol. The Morgan fingerprint density at radius 3 is 2.74 bits per heavy atom. The maximum absolute atomic E-state index is 12.0. The summed E-state index contributed by atoms with van der Waals surface area (Å²) in [6.45, 7) is 1.91. The minimum atomic E-state index is -0.867. The van der Waals surface area contributed by atoms with Crippen LogP contribution in [-0.2, 0) is 16.0 Å². The smallest absolute Gasteiger partial charge is 0.305 e. The van der Waals surface area contributed by atoms with Crippen molar-refractivity contribution < 1.29 is 14.7 Å². The number of carbonyl (C=O) groups excluding carboxylic acids is 1. The third kappa shape index (κ3) is 3.30. The standard InChI is InChI=1S/C14H18N2O3/c1-10-4-2-7-15-11(10)8-12(17)16-14(5-3-6-14)9-13(18)19/h2,4,7H,3,5-6,8-9H2,1H3,(H,16,17)(H,18,19). The second-order valence-corrected chi connectivity index (χ2v) is 5.20. The van der Waals surface area contributed by atoms with Crippen LogP contribution in [0, 0.1) is 6.92 Å². The van der Waals surface area contributed by atoms with Gasteiger partial charge in [0.05, 0.1) is 24.1 Å². The van der Waals surface area contributed by atoms with Gasteiger partial charge in [-0.2, -0.15) is 0 Å². The Morgan fingerprint density at radius 2 is 2.21 bits per heavy atom. The number of carboxylic acid groups (broad SMARTS) is 1. The topological polar surface area (TPSA) is 79.3 Å². The number of hydrogen-bond acceptors (Lipinski definition) is 3.